The molecule has 102 valence electrons. The van der Waals surface area contributed by atoms with Crippen molar-refractivity contribution in [3.05, 3.63) is 52.6 Å². The fourth-order valence-electron chi connectivity index (χ4n) is 1.73. The van der Waals surface area contributed by atoms with Gasteiger partial charge >= 0.3 is 0 Å². The first-order chi connectivity index (χ1) is 9.51. The Morgan fingerprint density at radius 1 is 1.25 bits per heavy atom. The summed E-state index contributed by atoms with van der Waals surface area (Å²) in [5.74, 6) is -1.55. The molecule has 0 aromatic heterocycles. The van der Waals surface area contributed by atoms with Crippen LogP contribution in [0.25, 0.3) is 0 Å². The van der Waals surface area contributed by atoms with Crippen molar-refractivity contribution < 1.29 is 8.78 Å². The fraction of sp³-hybridized carbons (Fsp3) is 0.0714. The van der Waals surface area contributed by atoms with Crippen LogP contribution in [0.1, 0.15) is 5.56 Å². The largest absolute Gasteiger partial charge is 0.398 e. The Bertz CT molecular complexity index is 672. The zero-order chi connectivity index (χ0) is 14.7. The van der Waals surface area contributed by atoms with Crippen LogP contribution in [0, 0.1) is 23.0 Å². The predicted octanol–water partition coefficient (Wildman–Crippen LogP) is 4.01. The van der Waals surface area contributed by atoms with E-state index in [-0.39, 0.29) is 17.1 Å². The molecule has 0 atom stereocenters. The molecule has 6 heteroatoms. The minimum atomic E-state index is -0.798. The number of anilines is 3. The van der Waals surface area contributed by atoms with Crippen LogP contribution in [0.3, 0.4) is 0 Å². The maximum absolute atomic E-state index is 13.7. The minimum Gasteiger partial charge on any atom is -0.398 e. The van der Waals surface area contributed by atoms with Gasteiger partial charge in [0.05, 0.1) is 23.2 Å². The highest BCUT2D eigenvalue weighted by molar-refractivity contribution is 6.33. The highest BCUT2D eigenvalue weighted by atomic mass is 35.5. The van der Waals surface area contributed by atoms with Crippen LogP contribution >= 0.6 is 11.6 Å². The average Bonchev–Trinajstić information content (AvgIpc) is 2.37. The number of nitrogen functional groups attached to an aromatic ring is 1. The van der Waals surface area contributed by atoms with E-state index >= 15 is 0 Å². The highest BCUT2D eigenvalue weighted by Gasteiger charge is 2.11. The lowest BCUT2D eigenvalue weighted by atomic mass is 10.1. The summed E-state index contributed by atoms with van der Waals surface area (Å²) in [5, 5.41) is 11.4. The average molecular weight is 294 g/mol. The Hall–Kier alpha value is -2.32. The van der Waals surface area contributed by atoms with Crippen LogP contribution in [0.4, 0.5) is 25.8 Å². The molecule has 0 saturated heterocycles. The summed E-state index contributed by atoms with van der Waals surface area (Å²) in [6.07, 6.45) is 0.140. The lowest BCUT2D eigenvalue weighted by molar-refractivity contribution is 0.586. The van der Waals surface area contributed by atoms with Gasteiger partial charge in [0, 0.05) is 17.4 Å². The number of hydrogen-bond acceptors (Lipinski definition) is 3. The van der Waals surface area contributed by atoms with Gasteiger partial charge in [0.15, 0.2) is 5.82 Å². The Balaban J connectivity index is 2.36. The van der Waals surface area contributed by atoms with E-state index in [9.17, 15) is 8.78 Å². The quantitative estimate of drug-likeness (QED) is 0.841. The summed E-state index contributed by atoms with van der Waals surface area (Å²) in [6, 6.07) is 8.59. The fourth-order valence-corrected chi connectivity index (χ4v) is 1.97. The van der Waals surface area contributed by atoms with E-state index in [1.165, 1.54) is 0 Å². The lowest BCUT2D eigenvalue weighted by Gasteiger charge is -2.11. The van der Waals surface area contributed by atoms with Gasteiger partial charge in [0.25, 0.3) is 0 Å². The topological polar surface area (TPSA) is 61.8 Å². The standard InChI is InChI=1S/C14H10ClF2N3/c15-11-6-9(16)7-12(17)14(11)20-10-1-2-13(19)8(5-10)3-4-18/h1-2,5-7,20H,3,19H2. The zero-order valence-electron chi connectivity index (χ0n) is 10.3. The molecule has 0 aliphatic carbocycles. The van der Waals surface area contributed by atoms with E-state index in [1.807, 2.05) is 6.07 Å². The van der Waals surface area contributed by atoms with Crippen molar-refractivity contribution in [2.75, 3.05) is 11.1 Å². The molecule has 0 radical (unpaired) electrons. The molecule has 3 nitrogen and oxygen atoms in total. The number of nitrogens with two attached hydrogens (primary N) is 1. The second-order valence-electron chi connectivity index (χ2n) is 4.12. The monoisotopic (exact) mass is 293 g/mol. The molecule has 2 aromatic rings. The third kappa shape index (κ3) is 2.98. The summed E-state index contributed by atoms with van der Waals surface area (Å²) in [6.45, 7) is 0. The highest BCUT2D eigenvalue weighted by Crippen LogP contribution is 2.30. The number of nitriles is 1. The van der Waals surface area contributed by atoms with Crippen molar-refractivity contribution >= 4 is 28.7 Å². The van der Waals surface area contributed by atoms with Crippen molar-refractivity contribution in [3.63, 3.8) is 0 Å². The van der Waals surface area contributed by atoms with Gasteiger partial charge in [-0.2, -0.15) is 5.26 Å². The molecule has 2 aromatic carbocycles. The van der Waals surface area contributed by atoms with Crippen LogP contribution in [-0.4, -0.2) is 0 Å². The molecule has 0 amide bonds. The molecular formula is C14H10ClF2N3. The van der Waals surface area contributed by atoms with E-state index in [0.717, 1.165) is 12.1 Å². The minimum absolute atomic E-state index is 0.0271. The maximum Gasteiger partial charge on any atom is 0.151 e. The van der Waals surface area contributed by atoms with Crippen LogP contribution in [0.5, 0.6) is 0 Å². The molecule has 0 heterocycles. The second-order valence-corrected chi connectivity index (χ2v) is 4.53. The molecule has 0 saturated carbocycles. The van der Waals surface area contributed by atoms with Gasteiger partial charge in [-0.25, -0.2) is 8.78 Å². The molecule has 3 N–H and O–H groups in total. The van der Waals surface area contributed by atoms with E-state index in [4.69, 9.17) is 22.6 Å². The number of rotatable bonds is 3. The van der Waals surface area contributed by atoms with Gasteiger partial charge in [0.1, 0.15) is 5.82 Å². The van der Waals surface area contributed by atoms with E-state index in [2.05, 4.69) is 5.32 Å². The molecule has 0 unspecified atom stereocenters. The third-order valence-corrected chi connectivity index (χ3v) is 2.99. The van der Waals surface area contributed by atoms with Crippen LogP contribution < -0.4 is 11.1 Å². The molecule has 0 aliphatic heterocycles. The number of halogens is 3. The van der Waals surface area contributed by atoms with Crippen molar-refractivity contribution in [3.8, 4) is 6.07 Å². The number of hydrogen-bond donors (Lipinski definition) is 2. The van der Waals surface area contributed by atoms with Crippen molar-refractivity contribution in [2.24, 2.45) is 0 Å². The van der Waals surface area contributed by atoms with E-state index in [0.29, 0.717) is 16.9 Å². The smallest absolute Gasteiger partial charge is 0.151 e. The Morgan fingerprint density at radius 3 is 2.65 bits per heavy atom. The first kappa shape index (κ1) is 14.1. The summed E-state index contributed by atoms with van der Waals surface area (Å²) >= 11 is 5.80. The molecule has 0 bridgehead atoms. The summed E-state index contributed by atoms with van der Waals surface area (Å²) in [5.41, 5.74) is 7.30. The van der Waals surface area contributed by atoms with Gasteiger partial charge in [-0.05, 0) is 29.8 Å². The zero-order valence-corrected chi connectivity index (χ0v) is 11.0. The van der Waals surface area contributed by atoms with Gasteiger partial charge in [-0.3, -0.25) is 0 Å². The van der Waals surface area contributed by atoms with Crippen molar-refractivity contribution in [2.45, 2.75) is 6.42 Å². The Kier molecular flexibility index (Phi) is 4.06. The molecule has 0 spiro atoms. The summed E-state index contributed by atoms with van der Waals surface area (Å²) in [7, 11) is 0. The van der Waals surface area contributed by atoms with Crippen molar-refractivity contribution in [1.82, 2.24) is 0 Å². The first-order valence-electron chi connectivity index (χ1n) is 5.68. The third-order valence-electron chi connectivity index (χ3n) is 2.69. The van der Waals surface area contributed by atoms with Crippen LogP contribution in [0.2, 0.25) is 5.02 Å². The summed E-state index contributed by atoms with van der Waals surface area (Å²) in [4.78, 5) is 0. The predicted molar refractivity (Wildman–Crippen MR) is 74.8 cm³/mol. The van der Waals surface area contributed by atoms with Crippen molar-refractivity contribution in [1.29, 1.82) is 5.26 Å². The maximum atomic E-state index is 13.7. The summed E-state index contributed by atoms with van der Waals surface area (Å²) < 4.78 is 26.6. The second kappa shape index (κ2) is 5.76. The van der Waals surface area contributed by atoms with E-state index < -0.39 is 11.6 Å². The lowest BCUT2D eigenvalue weighted by Crippen LogP contribution is -1.99. The number of nitrogens with zero attached hydrogens (tertiary/aromatic N) is 1. The molecule has 2 rings (SSSR count). The Morgan fingerprint density at radius 2 is 2.00 bits per heavy atom. The normalized spacial score (nSPS) is 10.1. The first-order valence-corrected chi connectivity index (χ1v) is 6.06. The van der Waals surface area contributed by atoms with Gasteiger partial charge < -0.3 is 11.1 Å². The number of nitrogens with one attached hydrogen (secondary N) is 1. The molecule has 0 aliphatic rings. The van der Waals surface area contributed by atoms with Crippen LogP contribution in [-0.2, 0) is 6.42 Å². The number of benzene rings is 2. The van der Waals surface area contributed by atoms with Gasteiger partial charge in [-0.15, -0.1) is 0 Å². The van der Waals surface area contributed by atoms with E-state index in [1.54, 1.807) is 18.2 Å². The SMILES string of the molecule is N#CCc1cc(Nc2c(F)cc(F)cc2Cl)ccc1N. The molecular weight excluding hydrogens is 284 g/mol. The van der Waals surface area contributed by atoms with Gasteiger partial charge in [0.2, 0.25) is 0 Å². The van der Waals surface area contributed by atoms with Crippen LogP contribution in [0.15, 0.2) is 30.3 Å². The molecule has 20 heavy (non-hydrogen) atoms. The molecule has 0 fully saturated rings. The Labute approximate surface area is 119 Å². The van der Waals surface area contributed by atoms with Gasteiger partial charge in [-0.1, -0.05) is 11.6 Å².